The summed E-state index contributed by atoms with van der Waals surface area (Å²) >= 11 is 0. The fourth-order valence-electron chi connectivity index (χ4n) is 2.24. The van der Waals surface area contributed by atoms with Crippen LogP contribution in [0.3, 0.4) is 0 Å². The van der Waals surface area contributed by atoms with Crippen LogP contribution < -0.4 is 5.73 Å². The standard InChI is InChI=1S/C14H21N5/c1-11-13(9-17-19(11)3)14(8-15)18(2)10-12-6-4-5-7-16-12/h4-7,9,14H,8,10,15H2,1-3H3. The molecule has 0 aromatic carbocycles. The molecular weight excluding hydrogens is 238 g/mol. The zero-order valence-electron chi connectivity index (χ0n) is 11.7. The van der Waals surface area contributed by atoms with Gasteiger partial charge in [0.15, 0.2) is 0 Å². The lowest BCUT2D eigenvalue weighted by atomic mass is 10.1. The van der Waals surface area contributed by atoms with E-state index in [1.807, 2.05) is 42.3 Å². The van der Waals surface area contributed by atoms with E-state index in [1.165, 1.54) is 5.56 Å². The van der Waals surface area contributed by atoms with Gasteiger partial charge in [0.1, 0.15) is 0 Å². The van der Waals surface area contributed by atoms with Gasteiger partial charge in [-0.15, -0.1) is 0 Å². The summed E-state index contributed by atoms with van der Waals surface area (Å²) in [6, 6.07) is 6.12. The summed E-state index contributed by atoms with van der Waals surface area (Å²) in [7, 11) is 4.02. The first-order valence-electron chi connectivity index (χ1n) is 6.42. The second-order valence-corrected chi connectivity index (χ2v) is 4.80. The van der Waals surface area contributed by atoms with Gasteiger partial charge in [0, 0.05) is 37.6 Å². The van der Waals surface area contributed by atoms with E-state index in [-0.39, 0.29) is 6.04 Å². The highest BCUT2D eigenvalue weighted by atomic mass is 15.3. The highest BCUT2D eigenvalue weighted by Gasteiger charge is 2.20. The van der Waals surface area contributed by atoms with E-state index in [9.17, 15) is 0 Å². The smallest absolute Gasteiger partial charge is 0.0544 e. The van der Waals surface area contributed by atoms with Crippen molar-refractivity contribution in [3.8, 4) is 0 Å². The minimum Gasteiger partial charge on any atom is -0.329 e. The maximum Gasteiger partial charge on any atom is 0.0544 e. The number of hydrogen-bond donors (Lipinski definition) is 1. The Hall–Kier alpha value is -1.72. The van der Waals surface area contributed by atoms with Crippen LogP contribution in [0.4, 0.5) is 0 Å². The number of aromatic nitrogens is 3. The third-order valence-electron chi connectivity index (χ3n) is 3.53. The van der Waals surface area contributed by atoms with Crippen LogP contribution in [-0.4, -0.2) is 33.3 Å². The Morgan fingerprint density at radius 3 is 2.74 bits per heavy atom. The molecule has 0 fully saturated rings. The maximum atomic E-state index is 5.94. The second-order valence-electron chi connectivity index (χ2n) is 4.80. The zero-order chi connectivity index (χ0) is 13.8. The van der Waals surface area contributed by atoms with Crippen molar-refractivity contribution in [1.82, 2.24) is 19.7 Å². The molecule has 1 atom stereocenters. The van der Waals surface area contributed by atoms with Crippen molar-refractivity contribution in [2.75, 3.05) is 13.6 Å². The number of pyridine rings is 1. The van der Waals surface area contributed by atoms with Crippen LogP contribution in [0.2, 0.25) is 0 Å². The molecule has 0 bridgehead atoms. The molecule has 0 aliphatic carbocycles. The lowest BCUT2D eigenvalue weighted by molar-refractivity contribution is 0.238. The van der Waals surface area contributed by atoms with Gasteiger partial charge in [0.2, 0.25) is 0 Å². The third kappa shape index (κ3) is 3.00. The molecule has 1 unspecified atom stereocenters. The first-order valence-corrected chi connectivity index (χ1v) is 6.42. The Morgan fingerprint density at radius 2 is 2.21 bits per heavy atom. The van der Waals surface area contributed by atoms with E-state index in [0.717, 1.165) is 17.9 Å². The summed E-state index contributed by atoms with van der Waals surface area (Å²) in [5.74, 6) is 0. The quantitative estimate of drug-likeness (QED) is 0.878. The Labute approximate surface area is 114 Å². The average Bonchev–Trinajstić information content (AvgIpc) is 2.73. The highest BCUT2D eigenvalue weighted by Crippen LogP contribution is 2.22. The normalized spacial score (nSPS) is 12.9. The molecule has 0 saturated carbocycles. The van der Waals surface area contributed by atoms with Gasteiger partial charge in [-0.3, -0.25) is 14.6 Å². The predicted octanol–water partition coefficient (Wildman–Crippen LogP) is 1.26. The number of likely N-dealkylation sites (N-methyl/N-ethyl adjacent to an activating group) is 1. The summed E-state index contributed by atoms with van der Waals surface area (Å²) in [4.78, 5) is 6.57. The van der Waals surface area contributed by atoms with E-state index >= 15 is 0 Å². The van der Waals surface area contributed by atoms with Crippen LogP contribution >= 0.6 is 0 Å². The molecule has 2 rings (SSSR count). The third-order valence-corrected chi connectivity index (χ3v) is 3.53. The van der Waals surface area contributed by atoms with Crippen LogP contribution in [0.1, 0.15) is 23.0 Å². The molecule has 0 amide bonds. The molecule has 0 radical (unpaired) electrons. The van der Waals surface area contributed by atoms with Crippen molar-refractivity contribution in [3.05, 3.63) is 47.5 Å². The topological polar surface area (TPSA) is 60.0 Å². The summed E-state index contributed by atoms with van der Waals surface area (Å²) in [5, 5.41) is 4.29. The van der Waals surface area contributed by atoms with Crippen LogP contribution in [-0.2, 0) is 13.6 Å². The van der Waals surface area contributed by atoms with Gasteiger partial charge in [0.05, 0.1) is 17.9 Å². The van der Waals surface area contributed by atoms with Crippen molar-refractivity contribution in [3.63, 3.8) is 0 Å². The first kappa shape index (κ1) is 13.7. The van der Waals surface area contributed by atoms with E-state index in [2.05, 4.69) is 29.0 Å². The number of hydrogen-bond acceptors (Lipinski definition) is 4. The Morgan fingerprint density at radius 1 is 1.42 bits per heavy atom. The molecule has 2 N–H and O–H groups in total. The molecule has 0 aliphatic rings. The van der Waals surface area contributed by atoms with Crippen LogP contribution in [0.5, 0.6) is 0 Å². The van der Waals surface area contributed by atoms with Crippen LogP contribution in [0.15, 0.2) is 30.6 Å². The van der Waals surface area contributed by atoms with Crippen LogP contribution in [0.25, 0.3) is 0 Å². The molecule has 0 aliphatic heterocycles. The summed E-state index contributed by atoms with van der Waals surface area (Å²) < 4.78 is 1.88. The summed E-state index contributed by atoms with van der Waals surface area (Å²) in [5.41, 5.74) is 9.32. The first-order chi connectivity index (χ1) is 9.13. The molecule has 19 heavy (non-hydrogen) atoms. The van der Waals surface area contributed by atoms with Crippen molar-refractivity contribution in [1.29, 1.82) is 0 Å². The molecular formula is C14H21N5. The number of nitrogens with two attached hydrogens (primary N) is 1. The summed E-state index contributed by atoms with van der Waals surface area (Å²) in [6.07, 6.45) is 3.72. The van der Waals surface area contributed by atoms with E-state index in [0.29, 0.717) is 6.54 Å². The zero-order valence-corrected chi connectivity index (χ0v) is 11.7. The fourth-order valence-corrected chi connectivity index (χ4v) is 2.24. The van der Waals surface area contributed by atoms with Gasteiger partial charge >= 0.3 is 0 Å². The number of rotatable bonds is 5. The van der Waals surface area contributed by atoms with Gasteiger partial charge in [-0.25, -0.2) is 0 Å². The molecule has 0 spiro atoms. The van der Waals surface area contributed by atoms with E-state index < -0.39 is 0 Å². The number of nitrogens with zero attached hydrogens (tertiary/aromatic N) is 4. The van der Waals surface area contributed by atoms with Gasteiger partial charge in [-0.1, -0.05) is 6.07 Å². The molecule has 0 saturated heterocycles. The van der Waals surface area contributed by atoms with E-state index in [4.69, 9.17) is 5.73 Å². The Kier molecular flexibility index (Phi) is 4.29. The lowest BCUT2D eigenvalue weighted by Gasteiger charge is -2.26. The highest BCUT2D eigenvalue weighted by molar-refractivity contribution is 5.21. The van der Waals surface area contributed by atoms with Gasteiger partial charge in [-0.05, 0) is 26.1 Å². The van der Waals surface area contributed by atoms with Gasteiger partial charge < -0.3 is 5.73 Å². The SMILES string of the molecule is Cc1c(C(CN)N(C)Cc2ccccn2)cnn1C. The molecule has 2 heterocycles. The minimum atomic E-state index is 0.163. The van der Waals surface area contributed by atoms with Crippen LogP contribution in [0, 0.1) is 6.92 Å². The minimum absolute atomic E-state index is 0.163. The Bertz CT molecular complexity index is 520. The molecule has 2 aromatic heterocycles. The van der Waals surface area contributed by atoms with Gasteiger partial charge in [0.25, 0.3) is 0 Å². The van der Waals surface area contributed by atoms with Crippen molar-refractivity contribution < 1.29 is 0 Å². The monoisotopic (exact) mass is 259 g/mol. The number of aryl methyl sites for hydroxylation is 1. The second kappa shape index (κ2) is 5.95. The van der Waals surface area contributed by atoms with Gasteiger partial charge in [-0.2, -0.15) is 5.10 Å². The lowest BCUT2D eigenvalue weighted by Crippen LogP contribution is -2.30. The van der Waals surface area contributed by atoms with E-state index in [1.54, 1.807) is 0 Å². The maximum absolute atomic E-state index is 5.94. The van der Waals surface area contributed by atoms with Crippen molar-refractivity contribution >= 4 is 0 Å². The molecule has 5 heteroatoms. The Balaban J connectivity index is 2.16. The molecule has 5 nitrogen and oxygen atoms in total. The average molecular weight is 259 g/mol. The van der Waals surface area contributed by atoms with Crippen molar-refractivity contribution in [2.45, 2.75) is 19.5 Å². The molecule has 2 aromatic rings. The van der Waals surface area contributed by atoms with Crippen molar-refractivity contribution in [2.24, 2.45) is 12.8 Å². The molecule has 102 valence electrons. The largest absolute Gasteiger partial charge is 0.329 e. The fraction of sp³-hybridized carbons (Fsp3) is 0.429. The summed E-state index contributed by atoms with van der Waals surface area (Å²) in [6.45, 7) is 3.41. The predicted molar refractivity (Wildman–Crippen MR) is 75.4 cm³/mol.